The van der Waals surface area contributed by atoms with Crippen LogP contribution in [0.1, 0.15) is 17.1 Å². The average Bonchev–Trinajstić information content (AvgIpc) is 3.25. The Morgan fingerprint density at radius 1 is 1.20 bits per heavy atom. The van der Waals surface area contributed by atoms with Crippen molar-refractivity contribution in [1.82, 2.24) is 19.4 Å². The zero-order valence-electron chi connectivity index (χ0n) is 14.1. The highest BCUT2D eigenvalue weighted by molar-refractivity contribution is 5.06. The third-order valence-electron chi connectivity index (χ3n) is 4.44. The van der Waals surface area contributed by atoms with Crippen molar-refractivity contribution in [3.05, 3.63) is 72.5 Å². The van der Waals surface area contributed by atoms with Gasteiger partial charge in [0.05, 0.1) is 32.6 Å². The van der Waals surface area contributed by atoms with Crippen LogP contribution in [0.15, 0.2) is 59.7 Å². The minimum absolute atomic E-state index is 0.405. The third-order valence-corrected chi connectivity index (χ3v) is 4.44. The van der Waals surface area contributed by atoms with E-state index in [1.165, 1.54) is 0 Å². The van der Waals surface area contributed by atoms with Crippen molar-refractivity contribution >= 4 is 0 Å². The van der Waals surface area contributed by atoms with E-state index in [-0.39, 0.29) is 0 Å². The summed E-state index contributed by atoms with van der Waals surface area (Å²) in [5.74, 6) is 2.48. The molecule has 0 fully saturated rings. The second-order valence-electron chi connectivity index (χ2n) is 6.49. The molecule has 1 atom stereocenters. The molecule has 0 aromatic carbocycles. The van der Waals surface area contributed by atoms with E-state index in [1.54, 1.807) is 12.5 Å². The van der Waals surface area contributed by atoms with Crippen LogP contribution >= 0.6 is 0 Å². The standard InChI is InChI=1S/C19H22N4O2/c1-3-16(9-20-5-1)14-24-15-17-10-22(12-18-4-2-8-25-18)13-19-21-6-7-23(19)11-17/h1-9,17H,10-15H2. The van der Waals surface area contributed by atoms with E-state index in [0.29, 0.717) is 19.1 Å². The summed E-state index contributed by atoms with van der Waals surface area (Å²) in [5, 5.41) is 0. The van der Waals surface area contributed by atoms with Crippen LogP contribution < -0.4 is 0 Å². The van der Waals surface area contributed by atoms with Crippen molar-refractivity contribution in [3.8, 4) is 0 Å². The van der Waals surface area contributed by atoms with Crippen LogP contribution in [-0.4, -0.2) is 32.6 Å². The molecule has 1 aliphatic heterocycles. The van der Waals surface area contributed by atoms with Crippen molar-refractivity contribution in [2.75, 3.05) is 13.2 Å². The summed E-state index contributed by atoms with van der Waals surface area (Å²) in [4.78, 5) is 11.0. The Morgan fingerprint density at radius 2 is 2.20 bits per heavy atom. The average molecular weight is 338 g/mol. The zero-order valence-corrected chi connectivity index (χ0v) is 14.1. The Labute approximate surface area is 147 Å². The summed E-state index contributed by atoms with van der Waals surface area (Å²) in [7, 11) is 0. The van der Waals surface area contributed by atoms with Gasteiger partial charge in [0, 0.05) is 43.8 Å². The maximum absolute atomic E-state index is 5.97. The Kier molecular flexibility index (Phi) is 4.90. The highest BCUT2D eigenvalue weighted by atomic mass is 16.5. The summed E-state index contributed by atoms with van der Waals surface area (Å²) in [6, 6.07) is 7.93. The van der Waals surface area contributed by atoms with Gasteiger partial charge in [0.15, 0.2) is 0 Å². The molecule has 0 bridgehead atoms. The van der Waals surface area contributed by atoms with Crippen LogP contribution in [0.4, 0.5) is 0 Å². The summed E-state index contributed by atoms with van der Waals surface area (Å²) >= 11 is 0. The Balaban J connectivity index is 1.40. The SMILES string of the molecule is c1cncc(COCC2CN(Cc3ccco3)Cc3nccn3C2)c1. The lowest BCUT2D eigenvalue weighted by Crippen LogP contribution is -2.30. The second-order valence-corrected chi connectivity index (χ2v) is 6.49. The lowest BCUT2D eigenvalue weighted by molar-refractivity contribution is 0.0653. The fourth-order valence-electron chi connectivity index (χ4n) is 3.30. The number of imidazole rings is 1. The summed E-state index contributed by atoms with van der Waals surface area (Å²) in [5.41, 5.74) is 1.10. The van der Waals surface area contributed by atoms with Gasteiger partial charge in [-0.1, -0.05) is 6.07 Å². The number of hydrogen-bond donors (Lipinski definition) is 0. The predicted molar refractivity (Wildman–Crippen MR) is 92.4 cm³/mol. The third kappa shape index (κ3) is 4.15. The maximum atomic E-state index is 5.97. The molecule has 4 heterocycles. The van der Waals surface area contributed by atoms with Crippen LogP contribution in [0.25, 0.3) is 0 Å². The van der Waals surface area contributed by atoms with Gasteiger partial charge in [-0.25, -0.2) is 4.98 Å². The van der Waals surface area contributed by atoms with Crippen molar-refractivity contribution < 1.29 is 9.15 Å². The van der Waals surface area contributed by atoms with Gasteiger partial charge in [-0.2, -0.15) is 0 Å². The fourth-order valence-corrected chi connectivity index (χ4v) is 3.30. The molecule has 0 aliphatic carbocycles. The molecule has 0 spiro atoms. The molecule has 130 valence electrons. The van der Waals surface area contributed by atoms with Gasteiger partial charge in [0.1, 0.15) is 11.6 Å². The lowest BCUT2D eigenvalue weighted by Gasteiger charge is -2.22. The van der Waals surface area contributed by atoms with Crippen LogP contribution in [0.3, 0.4) is 0 Å². The van der Waals surface area contributed by atoms with Crippen molar-refractivity contribution in [1.29, 1.82) is 0 Å². The number of rotatable bonds is 6. The number of nitrogens with zero attached hydrogens (tertiary/aromatic N) is 4. The second kappa shape index (κ2) is 7.63. The molecule has 4 rings (SSSR count). The zero-order chi connectivity index (χ0) is 16.9. The number of fused-ring (bicyclic) bond motifs is 1. The van der Waals surface area contributed by atoms with E-state index >= 15 is 0 Å². The van der Waals surface area contributed by atoms with Gasteiger partial charge in [-0.3, -0.25) is 9.88 Å². The first-order valence-corrected chi connectivity index (χ1v) is 8.58. The van der Waals surface area contributed by atoms with E-state index in [1.807, 2.05) is 36.7 Å². The largest absolute Gasteiger partial charge is 0.468 e. The van der Waals surface area contributed by atoms with Gasteiger partial charge in [-0.05, 0) is 23.8 Å². The van der Waals surface area contributed by atoms with Crippen LogP contribution in [0.2, 0.25) is 0 Å². The lowest BCUT2D eigenvalue weighted by atomic mass is 10.1. The molecule has 0 saturated heterocycles. The monoisotopic (exact) mass is 338 g/mol. The highest BCUT2D eigenvalue weighted by Crippen LogP contribution is 2.18. The Hall–Kier alpha value is -2.44. The van der Waals surface area contributed by atoms with Gasteiger partial charge >= 0.3 is 0 Å². The van der Waals surface area contributed by atoms with Crippen molar-refractivity contribution in [2.24, 2.45) is 5.92 Å². The van der Waals surface area contributed by atoms with E-state index in [4.69, 9.17) is 9.15 Å². The first-order chi connectivity index (χ1) is 12.4. The molecule has 3 aromatic heterocycles. The number of furan rings is 1. The fraction of sp³-hybridized carbons (Fsp3) is 0.368. The quantitative estimate of drug-likeness (QED) is 0.692. The maximum Gasteiger partial charge on any atom is 0.122 e. The van der Waals surface area contributed by atoms with Crippen molar-refractivity contribution in [2.45, 2.75) is 26.2 Å². The molecular weight excluding hydrogens is 316 g/mol. The van der Waals surface area contributed by atoms with E-state index in [2.05, 4.69) is 25.6 Å². The molecule has 25 heavy (non-hydrogen) atoms. The topological polar surface area (TPSA) is 56.3 Å². The summed E-state index contributed by atoms with van der Waals surface area (Å²) in [6.45, 7) is 4.81. The van der Waals surface area contributed by atoms with Gasteiger partial charge in [-0.15, -0.1) is 0 Å². The summed E-state index contributed by atoms with van der Waals surface area (Å²) in [6.07, 6.45) is 9.29. The number of ether oxygens (including phenoxy) is 1. The normalized spacial score (nSPS) is 18.0. The molecule has 6 nitrogen and oxygen atoms in total. The predicted octanol–water partition coefficient (Wildman–Crippen LogP) is 2.72. The molecule has 0 N–H and O–H groups in total. The Morgan fingerprint density at radius 3 is 3.04 bits per heavy atom. The molecule has 3 aromatic rings. The van der Waals surface area contributed by atoms with E-state index < -0.39 is 0 Å². The minimum atomic E-state index is 0.405. The van der Waals surface area contributed by atoms with E-state index in [0.717, 1.165) is 43.3 Å². The number of hydrogen-bond acceptors (Lipinski definition) is 5. The van der Waals surface area contributed by atoms with Gasteiger partial charge in [0.2, 0.25) is 0 Å². The van der Waals surface area contributed by atoms with Crippen molar-refractivity contribution in [3.63, 3.8) is 0 Å². The van der Waals surface area contributed by atoms with E-state index in [9.17, 15) is 0 Å². The molecule has 6 heteroatoms. The van der Waals surface area contributed by atoms with Gasteiger partial charge < -0.3 is 13.7 Å². The first-order valence-electron chi connectivity index (χ1n) is 8.58. The molecule has 0 saturated carbocycles. The molecule has 0 radical (unpaired) electrons. The number of pyridine rings is 1. The van der Waals surface area contributed by atoms with Crippen LogP contribution in [0.5, 0.6) is 0 Å². The highest BCUT2D eigenvalue weighted by Gasteiger charge is 2.23. The molecule has 1 aliphatic rings. The minimum Gasteiger partial charge on any atom is -0.468 e. The van der Waals surface area contributed by atoms with Crippen LogP contribution in [0, 0.1) is 5.92 Å². The van der Waals surface area contributed by atoms with Crippen LogP contribution in [-0.2, 0) is 31.0 Å². The molecular formula is C19H22N4O2. The smallest absolute Gasteiger partial charge is 0.122 e. The first kappa shape index (κ1) is 16.1. The Bertz CT molecular complexity index is 770. The molecule has 1 unspecified atom stereocenters. The van der Waals surface area contributed by atoms with Gasteiger partial charge in [0.25, 0.3) is 0 Å². The summed E-state index contributed by atoms with van der Waals surface area (Å²) < 4.78 is 13.7. The molecule has 0 amide bonds. The number of aromatic nitrogens is 3.